The summed E-state index contributed by atoms with van der Waals surface area (Å²) in [4.78, 5) is 0. The molecule has 0 radical (unpaired) electrons. The lowest BCUT2D eigenvalue weighted by Crippen LogP contribution is -2.07. The predicted molar refractivity (Wildman–Crippen MR) is 53.4 cm³/mol. The van der Waals surface area contributed by atoms with Gasteiger partial charge in [0.05, 0.1) is 12.8 Å². The second-order valence-electron chi connectivity index (χ2n) is 2.77. The fourth-order valence-corrected chi connectivity index (χ4v) is 0.949. The Balaban J connectivity index is 2.66. The van der Waals surface area contributed by atoms with E-state index in [-0.39, 0.29) is 6.61 Å². The molecule has 0 spiro atoms. The van der Waals surface area contributed by atoms with Gasteiger partial charge in [-0.3, -0.25) is 0 Å². The van der Waals surface area contributed by atoms with E-state index in [0.29, 0.717) is 17.2 Å². The van der Waals surface area contributed by atoms with Gasteiger partial charge in [-0.1, -0.05) is 17.3 Å². The van der Waals surface area contributed by atoms with Crippen LogP contribution in [0.15, 0.2) is 29.4 Å². The lowest BCUT2D eigenvalue weighted by molar-refractivity contribution is 0.301. The molecule has 14 heavy (non-hydrogen) atoms. The zero-order valence-electron chi connectivity index (χ0n) is 8.23. The third kappa shape index (κ3) is 2.65. The molecule has 0 fully saturated rings. The molecule has 1 aromatic carbocycles. The maximum absolute atomic E-state index is 8.42. The zero-order chi connectivity index (χ0) is 10.4. The van der Waals surface area contributed by atoms with Crippen LogP contribution in [0.3, 0.4) is 0 Å². The van der Waals surface area contributed by atoms with Crippen molar-refractivity contribution in [3.63, 3.8) is 0 Å². The normalized spacial score (nSPS) is 11.1. The summed E-state index contributed by atoms with van der Waals surface area (Å²) in [6.07, 6.45) is 0. The Morgan fingerprint density at radius 1 is 1.36 bits per heavy atom. The van der Waals surface area contributed by atoms with Crippen molar-refractivity contribution in [2.75, 3.05) is 13.7 Å². The Labute approximate surface area is 82.8 Å². The van der Waals surface area contributed by atoms with Crippen LogP contribution in [0, 0.1) is 0 Å². The minimum absolute atomic E-state index is 0.247. The standard InChI is InChI=1S/C10H13NO3/c1-8(11-12)7-14-10-6-4-3-5-9(10)13-2/h3-6,12H,7H2,1-2H3. The van der Waals surface area contributed by atoms with E-state index in [9.17, 15) is 0 Å². The van der Waals surface area contributed by atoms with Crippen molar-refractivity contribution in [1.82, 2.24) is 0 Å². The van der Waals surface area contributed by atoms with Crippen LogP contribution in [0.4, 0.5) is 0 Å². The van der Waals surface area contributed by atoms with Crippen LogP contribution in [0.2, 0.25) is 0 Å². The van der Waals surface area contributed by atoms with E-state index in [1.165, 1.54) is 0 Å². The van der Waals surface area contributed by atoms with Crippen LogP contribution in [-0.2, 0) is 0 Å². The Kier molecular flexibility index (Phi) is 3.79. The number of ether oxygens (including phenoxy) is 2. The number of hydrogen-bond donors (Lipinski definition) is 1. The molecule has 4 nitrogen and oxygen atoms in total. The number of nitrogens with zero attached hydrogens (tertiary/aromatic N) is 1. The molecule has 0 bridgehead atoms. The number of hydrogen-bond acceptors (Lipinski definition) is 4. The van der Waals surface area contributed by atoms with Gasteiger partial charge in [-0.2, -0.15) is 0 Å². The molecule has 0 saturated heterocycles. The smallest absolute Gasteiger partial charge is 0.161 e. The van der Waals surface area contributed by atoms with E-state index >= 15 is 0 Å². The Morgan fingerprint density at radius 2 is 2.00 bits per heavy atom. The summed E-state index contributed by atoms with van der Waals surface area (Å²) < 4.78 is 10.4. The molecule has 0 saturated carbocycles. The van der Waals surface area contributed by atoms with Crippen molar-refractivity contribution in [3.8, 4) is 11.5 Å². The van der Waals surface area contributed by atoms with Gasteiger partial charge in [0.15, 0.2) is 11.5 Å². The molecule has 0 aliphatic heterocycles. The number of para-hydroxylation sites is 2. The zero-order valence-corrected chi connectivity index (χ0v) is 8.23. The van der Waals surface area contributed by atoms with Gasteiger partial charge >= 0.3 is 0 Å². The van der Waals surface area contributed by atoms with Gasteiger partial charge in [0.2, 0.25) is 0 Å². The second-order valence-corrected chi connectivity index (χ2v) is 2.77. The molecule has 1 aromatic rings. The van der Waals surface area contributed by atoms with Crippen molar-refractivity contribution in [3.05, 3.63) is 24.3 Å². The number of oxime groups is 1. The summed E-state index contributed by atoms with van der Waals surface area (Å²) >= 11 is 0. The predicted octanol–water partition coefficient (Wildman–Crippen LogP) is 1.92. The third-order valence-electron chi connectivity index (χ3n) is 1.68. The number of benzene rings is 1. The Morgan fingerprint density at radius 3 is 2.57 bits per heavy atom. The first-order chi connectivity index (χ1) is 6.77. The van der Waals surface area contributed by atoms with E-state index in [4.69, 9.17) is 14.7 Å². The minimum Gasteiger partial charge on any atom is -0.493 e. The Hall–Kier alpha value is -1.71. The van der Waals surface area contributed by atoms with Crippen LogP contribution in [-0.4, -0.2) is 24.6 Å². The lowest BCUT2D eigenvalue weighted by Gasteiger charge is -2.08. The molecule has 76 valence electrons. The molecule has 1 N–H and O–H groups in total. The van der Waals surface area contributed by atoms with Crippen LogP contribution in [0.1, 0.15) is 6.92 Å². The highest BCUT2D eigenvalue weighted by Crippen LogP contribution is 2.25. The largest absolute Gasteiger partial charge is 0.493 e. The van der Waals surface area contributed by atoms with E-state index in [1.54, 1.807) is 26.2 Å². The van der Waals surface area contributed by atoms with Crippen LogP contribution in [0.25, 0.3) is 0 Å². The molecule has 1 rings (SSSR count). The third-order valence-corrected chi connectivity index (χ3v) is 1.68. The van der Waals surface area contributed by atoms with E-state index in [2.05, 4.69) is 5.16 Å². The quantitative estimate of drug-likeness (QED) is 0.453. The van der Waals surface area contributed by atoms with E-state index < -0.39 is 0 Å². The molecular formula is C10H13NO3. The number of methoxy groups -OCH3 is 1. The topological polar surface area (TPSA) is 51.0 Å². The van der Waals surface area contributed by atoms with Crippen LogP contribution < -0.4 is 9.47 Å². The monoisotopic (exact) mass is 195 g/mol. The van der Waals surface area contributed by atoms with Gasteiger partial charge in [-0.05, 0) is 19.1 Å². The summed E-state index contributed by atoms with van der Waals surface area (Å²) in [5, 5.41) is 11.4. The van der Waals surface area contributed by atoms with E-state index in [1.807, 2.05) is 12.1 Å². The molecule has 0 aromatic heterocycles. The maximum Gasteiger partial charge on any atom is 0.161 e. The van der Waals surface area contributed by atoms with Crippen LogP contribution in [0.5, 0.6) is 11.5 Å². The molecule has 0 aliphatic carbocycles. The first-order valence-corrected chi connectivity index (χ1v) is 4.21. The highest BCUT2D eigenvalue weighted by molar-refractivity contribution is 5.82. The van der Waals surface area contributed by atoms with Gasteiger partial charge in [-0.25, -0.2) is 0 Å². The first kappa shape index (κ1) is 10.4. The van der Waals surface area contributed by atoms with Crippen molar-refractivity contribution < 1.29 is 14.7 Å². The van der Waals surface area contributed by atoms with Gasteiger partial charge < -0.3 is 14.7 Å². The van der Waals surface area contributed by atoms with Gasteiger partial charge in [0.25, 0.3) is 0 Å². The highest BCUT2D eigenvalue weighted by Gasteiger charge is 2.02. The Bertz CT molecular complexity index is 323. The summed E-state index contributed by atoms with van der Waals surface area (Å²) in [7, 11) is 1.58. The van der Waals surface area contributed by atoms with E-state index in [0.717, 1.165) is 0 Å². The molecule has 0 heterocycles. The van der Waals surface area contributed by atoms with Crippen molar-refractivity contribution >= 4 is 5.71 Å². The molecule has 4 heteroatoms. The SMILES string of the molecule is COc1ccccc1OCC(C)=NO. The molecular weight excluding hydrogens is 182 g/mol. The van der Waals surface area contributed by atoms with Gasteiger partial charge in [0, 0.05) is 0 Å². The average Bonchev–Trinajstić information content (AvgIpc) is 2.26. The molecule has 0 atom stereocenters. The summed E-state index contributed by atoms with van der Waals surface area (Å²) in [5.41, 5.74) is 0.510. The molecule has 0 amide bonds. The van der Waals surface area contributed by atoms with Crippen molar-refractivity contribution in [2.45, 2.75) is 6.92 Å². The lowest BCUT2D eigenvalue weighted by atomic mass is 10.3. The van der Waals surface area contributed by atoms with Gasteiger partial charge in [-0.15, -0.1) is 0 Å². The summed E-state index contributed by atoms with van der Waals surface area (Å²) in [6, 6.07) is 7.31. The molecule has 0 unspecified atom stereocenters. The minimum atomic E-state index is 0.247. The fourth-order valence-electron chi connectivity index (χ4n) is 0.949. The van der Waals surface area contributed by atoms with Gasteiger partial charge in [0.1, 0.15) is 6.61 Å². The fraction of sp³-hybridized carbons (Fsp3) is 0.300. The summed E-state index contributed by atoms with van der Waals surface area (Å²) in [5.74, 6) is 1.30. The van der Waals surface area contributed by atoms with Crippen LogP contribution >= 0.6 is 0 Å². The van der Waals surface area contributed by atoms with Crippen molar-refractivity contribution in [2.24, 2.45) is 5.16 Å². The first-order valence-electron chi connectivity index (χ1n) is 4.21. The highest BCUT2D eigenvalue weighted by atomic mass is 16.5. The average molecular weight is 195 g/mol. The van der Waals surface area contributed by atoms with Crippen molar-refractivity contribution in [1.29, 1.82) is 0 Å². The maximum atomic E-state index is 8.42. The summed E-state index contributed by atoms with van der Waals surface area (Å²) in [6.45, 7) is 1.92. The number of rotatable bonds is 4. The molecule has 0 aliphatic rings. The second kappa shape index (κ2) is 5.11.